The smallest absolute Gasteiger partial charge is 0.185 e. The molecule has 0 saturated heterocycles. The molecule has 0 bridgehead atoms. The molecular weight excluding hydrogens is 257 g/mol. The van der Waals surface area contributed by atoms with Gasteiger partial charge in [0.2, 0.25) is 0 Å². The zero-order valence-electron chi connectivity index (χ0n) is 11.3. The highest BCUT2D eigenvalue weighted by Crippen LogP contribution is 2.31. The first-order chi connectivity index (χ1) is 9.75. The number of hydrogen-bond donors (Lipinski definition) is 1. The first kappa shape index (κ1) is 13.0. The van der Waals surface area contributed by atoms with Crippen LogP contribution in [-0.4, -0.2) is 20.2 Å². The Morgan fingerprint density at radius 3 is 2.65 bits per heavy atom. The van der Waals surface area contributed by atoms with Crippen molar-refractivity contribution in [2.45, 2.75) is 44.6 Å². The Bertz CT molecular complexity index is 587. The number of nitrogens with two attached hydrogens (primary N) is 1. The predicted molar refractivity (Wildman–Crippen MR) is 74.4 cm³/mol. The average Bonchev–Trinajstić information content (AvgIpc) is 2.76. The van der Waals surface area contributed by atoms with E-state index >= 15 is 0 Å². The zero-order valence-corrected chi connectivity index (χ0v) is 11.3. The van der Waals surface area contributed by atoms with Gasteiger partial charge in [0.25, 0.3) is 0 Å². The summed E-state index contributed by atoms with van der Waals surface area (Å²) in [7, 11) is 0. The predicted octanol–water partition coefficient (Wildman–Crippen LogP) is 2.96. The lowest BCUT2D eigenvalue weighted by Gasteiger charge is -2.16. The van der Waals surface area contributed by atoms with Crippen LogP contribution in [0.4, 0.5) is 10.1 Å². The summed E-state index contributed by atoms with van der Waals surface area (Å²) in [6, 6.07) is 4.74. The first-order valence-electron chi connectivity index (χ1n) is 7.09. The Balaban J connectivity index is 1.98. The SMILES string of the molecule is Nc1ccc(F)c(-c2nnnn2C2CCCCCC2)c1. The van der Waals surface area contributed by atoms with Crippen molar-refractivity contribution in [1.29, 1.82) is 0 Å². The second kappa shape index (κ2) is 5.56. The molecule has 0 unspecified atom stereocenters. The molecule has 0 spiro atoms. The number of nitrogens with zero attached hydrogens (tertiary/aromatic N) is 4. The molecule has 1 fully saturated rings. The minimum absolute atomic E-state index is 0.253. The third-order valence-electron chi connectivity index (χ3n) is 3.89. The third kappa shape index (κ3) is 2.50. The molecule has 2 N–H and O–H groups in total. The van der Waals surface area contributed by atoms with Gasteiger partial charge in [-0.1, -0.05) is 25.7 Å². The summed E-state index contributed by atoms with van der Waals surface area (Å²) in [5, 5.41) is 11.8. The molecule has 20 heavy (non-hydrogen) atoms. The Labute approximate surface area is 117 Å². The summed E-state index contributed by atoms with van der Waals surface area (Å²) >= 11 is 0. The molecule has 0 radical (unpaired) electrons. The van der Waals surface area contributed by atoms with E-state index in [1.165, 1.54) is 31.7 Å². The van der Waals surface area contributed by atoms with Gasteiger partial charge in [-0.15, -0.1) is 5.10 Å². The molecule has 0 atom stereocenters. The number of rotatable bonds is 2. The van der Waals surface area contributed by atoms with Crippen LogP contribution < -0.4 is 5.73 Å². The quantitative estimate of drug-likeness (QED) is 0.675. The van der Waals surface area contributed by atoms with Gasteiger partial charge in [-0.2, -0.15) is 0 Å². The van der Waals surface area contributed by atoms with Gasteiger partial charge in [-0.05, 0) is 41.5 Å². The minimum Gasteiger partial charge on any atom is -0.399 e. The van der Waals surface area contributed by atoms with E-state index in [2.05, 4.69) is 15.5 Å². The van der Waals surface area contributed by atoms with Crippen LogP contribution in [0.15, 0.2) is 18.2 Å². The van der Waals surface area contributed by atoms with E-state index in [9.17, 15) is 4.39 Å². The van der Waals surface area contributed by atoms with E-state index in [4.69, 9.17) is 5.73 Å². The molecule has 3 rings (SSSR count). The van der Waals surface area contributed by atoms with Crippen molar-refractivity contribution in [3.05, 3.63) is 24.0 Å². The fraction of sp³-hybridized carbons (Fsp3) is 0.500. The van der Waals surface area contributed by atoms with E-state index in [-0.39, 0.29) is 11.9 Å². The third-order valence-corrected chi connectivity index (χ3v) is 3.89. The van der Waals surface area contributed by atoms with Gasteiger partial charge in [0, 0.05) is 5.69 Å². The highest BCUT2D eigenvalue weighted by molar-refractivity contribution is 5.61. The van der Waals surface area contributed by atoms with Crippen LogP contribution in [0.5, 0.6) is 0 Å². The lowest BCUT2D eigenvalue weighted by Crippen LogP contribution is -2.12. The van der Waals surface area contributed by atoms with Crippen molar-refractivity contribution in [3.63, 3.8) is 0 Å². The number of nitrogen functional groups attached to an aromatic ring is 1. The van der Waals surface area contributed by atoms with Crippen LogP contribution in [0.3, 0.4) is 0 Å². The summed E-state index contributed by atoms with van der Waals surface area (Å²) in [5.41, 5.74) is 6.63. The summed E-state index contributed by atoms with van der Waals surface area (Å²) < 4.78 is 15.8. The van der Waals surface area contributed by atoms with Crippen molar-refractivity contribution in [2.24, 2.45) is 0 Å². The maximum absolute atomic E-state index is 14.0. The summed E-state index contributed by atoms with van der Waals surface area (Å²) in [4.78, 5) is 0. The minimum atomic E-state index is -0.344. The highest BCUT2D eigenvalue weighted by atomic mass is 19.1. The van der Waals surface area contributed by atoms with E-state index in [1.807, 2.05) is 0 Å². The molecule has 1 aliphatic carbocycles. The molecule has 1 aromatic carbocycles. The van der Waals surface area contributed by atoms with Crippen molar-refractivity contribution in [1.82, 2.24) is 20.2 Å². The Hall–Kier alpha value is -1.98. The van der Waals surface area contributed by atoms with Crippen molar-refractivity contribution in [2.75, 3.05) is 5.73 Å². The largest absolute Gasteiger partial charge is 0.399 e. The molecule has 2 aromatic rings. The van der Waals surface area contributed by atoms with E-state index in [0.717, 1.165) is 12.8 Å². The first-order valence-corrected chi connectivity index (χ1v) is 7.09. The topological polar surface area (TPSA) is 69.6 Å². The number of anilines is 1. The van der Waals surface area contributed by atoms with Crippen LogP contribution in [0, 0.1) is 5.82 Å². The molecule has 1 heterocycles. The van der Waals surface area contributed by atoms with Crippen molar-refractivity contribution >= 4 is 5.69 Å². The molecule has 1 aromatic heterocycles. The molecule has 1 aliphatic rings. The second-order valence-electron chi connectivity index (χ2n) is 5.33. The number of hydrogen-bond acceptors (Lipinski definition) is 4. The van der Waals surface area contributed by atoms with Gasteiger partial charge < -0.3 is 5.73 Å². The summed E-state index contributed by atoms with van der Waals surface area (Å²) in [5.74, 6) is 0.130. The van der Waals surface area contributed by atoms with Crippen LogP contribution in [0.2, 0.25) is 0 Å². The zero-order chi connectivity index (χ0) is 13.9. The molecule has 106 valence electrons. The maximum Gasteiger partial charge on any atom is 0.185 e. The van der Waals surface area contributed by atoms with Crippen LogP contribution in [0.25, 0.3) is 11.4 Å². The Morgan fingerprint density at radius 1 is 1.15 bits per heavy atom. The van der Waals surface area contributed by atoms with Gasteiger partial charge >= 0.3 is 0 Å². The van der Waals surface area contributed by atoms with E-state index in [0.29, 0.717) is 17.1 Å². The summed E-state index contributed by atoms with van der Waals surface area (Å²) in [6.45, 7) is 0. The van der Waals surface area contributed by atoms with Gasteiger partial charge in [0.05, 0.1) is 11.6 Å². The fourth-order valence-electron chi connectivity index (χ4n) is 2.83. The number of tetrazole rings is 1. The van der Waals surface area contributed by atoms with Crippen LogP contribution in [0.1, 0.15) is 44.6 Å². The second-order valence-corrected chi connectivity index (χ2v) is 5.33. The monoisotopic (exact) mass is 275 g/mol. The van der Waals surface area contributed by atoms with Gasteiger partial charge in [-0.25, -0.2) is 9.07 Å². The van der Waals surface area contributed by atoms with E-state index in [1.54, 1.807) is 16.8 Å². The molecule has 0 aliphatic heterocycles. The normalized spacial score (nSPS) is 17.1. The van der Waals surface area contributed by atoms with Gasteiger partial charge in [0.1, 0.15) is 5.82 Å². The molecular formula is C14H18FN5. The van der Waals surface area contributed by atoms with Gasteiger partial charge in [-0.3, -0.25) is 0 Å². The summed E-state index contributed by atoms with van der Waals surface area (Å²) in [6.07, 6.45) is 6.93. The number of halogens is 1. The molecule has 5 nitrogen and oxygen atoms in total. The molecule has 0 amide bonds. The molecule has 1 saturated carbocycles. The number of aromatic nitrogens is 4. The number of benzene rings is 1. The fourth-order valence-corrected chi connectivity index (χ4v) is 2.83. The standard InChI is InChI=1S/C14H18FN5/c15-13-8-7-10(16)9-12(13)14-17-18-19-20(14)11-5-3-1-2-4-6-11/h7-9,11H,1-6,16H2. The van der Waals surface area contributed by atoms with Crippen molar-refractivity contribution < 1.29 is 4.39 Å². The Kier molecular flexibility index (Phi) is 3.62. The lowest BCUT2D eigenvalue weighted by atomic mass is 10.1. The lowest BCUT2D eigenvalue weighted by molar-refractivity contribution is 0.400. The highest BCUT2D eigenvalue weighted by Gasteiger charge is 2.21. The average molecular weight is 275 g/mol. The van der Waals surface area contributed by atoms with Crippen LogP contribution >= 0.6 is 0 Å². The van der Waals surface area contributed by atoms with E-state index < -0.39 is 0 Å². The maximum atomic E-state index is 14.0. The van der Waals surface area contributed by atoms with Crippen molar-refractivity contribution in [3.8, 4) is 11.4 Å². The molecule has 6 heteroatoms. The van der Waals surface area contributed by atoms with Gasteiger partial charge in [0.15, 0.2) is 5.82 Å². The Morgan fingerprint density at radius 2 is 1.90 bits per heavy atom. The van der Waals surface area contributed by atoms with Crippen LogP contribution in [-0.2, 0) is 0 Å².